The quantitative estimate of drug-likeness (QED) is 0.883. The van der Waals surface area contributed by atoms with E-state index in [2.05, 4.69) is 5.32 Å². The van der Waals surface area contributed by atoms with Crippen LogP contribution in [0.25, 0.3) is 0 Å². The first kappa shape index (κ1) is 13.2. The Morgan fingerprint density at radius 3 is 2.47 bits per heavy atom. The molecule has 0 saturated heterocycles. The maximum absolute atomic E-state index is 4.89. The highest BCUT2D eigenvalue weighted by molar-refractivity contribution is 7.98. The van der Waals surface area contributed by atoms with Crippen molar-refractivity contribution in [1.29, 1.82) is 0 Å². The highest BCUT2D eigenvalue weighted by Gasteiger charge is 2.23. The number of rotatable bonds is 2. The van der Waals surface area contributed by atoms with Crippen LogP contribution in [-0.2, 0) is 11.5 Å². The van der Waals surface area contributed by atoms with Gasteiger partial charge >= 0.3 is 0 Å². The van der Waals surface area contributed by atoms with Gasteiger partial charge in [-0.3, -0.25) is 0 Å². The average Bonchev–Trinajstić information content (AvgIpc) is 2.85. The smallest absolute Gasteiger partial charge is 0.134 e. The molecule has 0 bridgehead atoms. The Balaban J connectivity index is 1.86. The van der Waals surface area contributed by atoms with Crippen LogP contribution in [0.5, 0.6) is 0 Å². The third-order valence-corrected chi connectivity index (χ3v) is 5.27. The van der Waals surface area contributed by atoms with Gasteiger partial charge in [-0.25, -0.2) is 9.97 Å². The highest BCUT2D eigenvalue weighted by Crippen LogP contribution is 2.36. The molecular weight excluding hydrogens is 254 g/mol. The fourth-order valence-corrected chi connectivity index (χ4v) is 4.22. The summed E-state index contributed by atoms with van der Waals surface area (Å²) in [6, 6.07) is 0. The molecule has 0 unspecified atom stereocenters. The molecule has 3 rings (SSSR count). The lowest BCUT2D eigenvalue weighted by Gasteiger charge is -2.20. The second kappa shape index (κ2) is 6.12. The summed E-state index contributed by atoms with van der Waals surface area (Å²) in [5.74, 6) is 4.89. The monoisotopic (exact) mass is 277 g/mol. The molecule has 1 aromatic rings. The summed E-state index contributed by atoms with van der Waals surface area (Å²) >= 11 is 1.95. The number of nitrogens with zero attached hydrogens (tertiary/aromatic N) is 2. The van der Waals surface area contributed by atoms with E-state index in [4.69, 9.17) is 9.97 Å². The Bertz CT molecular complexity index is 439. The van der Waals surface area contributed by atoms with Crippen molar-refractivity contribution in [3.05, 3.63) is 17.1 Å². The van der Waals surface area contributed by atoms with Crippen molar-refractivity contribution in [1.82, 2.24) is 9.97 Å². The van der Waals surface area contributed by atoms with Gasteiger partial charge in [-0.15, -0.1) is 0 Å². The van der Waals surface area contributed by atoms with Gasteiger partial charge in [0.15, 0.2) is 0 Å². The van der Waals surface area contributed by atoms with Crippen LogP contribution >= 0.6 is 11.8 Å². The van der Waals surface area contributed by atoms with Gasteiger partial charge in [-0.1, -0.05) is 32.1 Å². The van der Waals surface area contributed by atoms with E-state index < -0.39 is 0 Å². The number of thioether (sulfide) groups is 1. The van der Waals surface area contributed by atoms with Crippen LogP contribution in [-0.4, -0.2) is 17.0 Å². The van der Waals surface area contributed by atoms with Crippen LogP contribution in [0.15, 0.2) is 0 Å². The molecule has 104 valence electrons. The van der Waals surface area contributed by atoms with E-state index in [0.717, 1.165) is 23.1 Å². The Morgan fingerprint density at radius 1 is 1.00 bits per heavy atom. The fourth-order valence-electron chi connectivity index (χ4n) is 3.17. The molecule has 3 nitrogen and oxygen atoms in total. The van der Waals surface area contributed by atoms with Gasteiger partial charge in [0, 0.05) is 30.0 Å². The van der Waals surface area contributed by atoms with E-state index in [-0.39, 0.29) is 0 Å². The lowest BCUT2D eigenvalue weighted by Crippen LogP contribution is -2.11. The summed E-state index contributed by atoms with van der Waals surface area (Å²) in [6.07, 6.45) is 9.41. The van der Waals surface area contributed by atoms with Gasteiger partial charge < -0.3 is 5.32 Å². The number of fused-ring (bicyclic) bond motifs is 1. The van der Waals surface area contributed by atoms with Crippen LogP contribution in [0, 0.1) is 0 Å². The van der Waals surface area contributed by atoms with Gasteiger partial charge in [0.1, 0.15) is 11.6 Å². The van der Waals surface area contributed by atoms with E-state index in [1.54, 1.807) is 0 Å². The normalized spacial score (nSPS) is 20.7. The third-order valence-electron chi connectivity index (χ3n) is 4.30. The molecule has 1 saturated carbocycles. The van der Waals surface area contributed by atoms with Crippen molar-refractivity contribution in [2.45, 2.75) is 62.4 Å². The average molecular weight is 277 g/mol. The maximum Gasteiger partial charge on any atom is 0.134 e. The first-order valence-corrected chi connectivity index (χ1v) is 8.69. The SMILES string of the molecule is CNc1nc(C2CCCCCCC2)nc2c1CSC2. The van der Waals surface area contributed by atoms with Gasteiger partial charge in [-0.2, -0.15) is 11.8 Å². The molecule has 4 heteroatoms. The zero-order chi connectivity index (χ0) is 13.1. The van der Waals surface area contributed by atoms with Gasteiger partial charge in [0.2, 0.25) is 0 Å². The standard InChI is InChI=1S/C15H23N3S/c1-16-15-12-9-19-10-13(12)17-14(18-15)11-7-5-3-2-4-6-8-11/h11H,2-10H2,1H3,(H,16,17,18). The molecule has 0 atom stereocenters. The first-order chi connectivity index (χ1) is 9.38. The molecule has 0 aromatic carbocycles. The number of hydrogen-bond donors (Lipinski definition) is 1. The summed E-state index contributed by atoms with van der Waals surface area (Å²) in [5, 5.41) is 3.27. The lowest BCUT2D eigenvalue weighted by molar-refractivity contribution is 0.442. The Labute approximate surface area is 120 Å². The molecule has 0 radical (unpaired) electrons. The summed E-state index contributed by atoms with van der Waals surface area (Å²) in [5.41, 5.74) is 2.61. The van der Waals surface area contributed by atoms with Gasteiger partial charge in [-0.05, 0) is 12.8 Å². The van der Waals surface area contributed by atoms with E-state index in [0.29, 0.717) is 5.92 Å². The summed E-state index contributed by atoms with van der Waals surface area (Å²) in [7, 11) is 1.98. The van der Waals surface area contributed by atoms with Crippen molar-refractivity contribution in [2.75, 3.05) is 12.4 Å². The van der Waals surface area contributed by atoms with Gasteiger partial charge in [0.05, 0.1) is 5.69 Å². The van der Waals surface area contributed by atoms with E-state index >= 15 is 0 Å². The Morgan fingerprint density at radius 2 is 1.74 bits per heavy atom. The molecule has 2 heterocycles. The lowest BCUT2D eigenvalue weighted by atomic mass is 9.90. The van der Waals surface area contributed by atoms with E-state index in [9.17, 15) is 0 Å². The van der Waals surface area contributed by atoms with Crippen molar-refractivity contribution < 1.29 is 0 Å². The van der Waals surface area contributed by atoms with Crippen molar-refractivity contribution in [3.8, 4) is 0 Å². The Kier molecular flexibility index (Phi) is 4.26. The zero-order valence-electron chi connectivity index (χ0n) is 11.7. The summed E-state index contributed by atoms with van der Waals surface area (Å²) in [6.45, 7) is 0. The number of aromatic nitrogens is 2. The maximum atomic E-state index is 4.89. The number of hydrogen-bond acceptors (Lipinski definition) is 4. The van der Waals surface area contributed by atoms with Crippen molar-refractivity contribution in [3.63, 3.8) is 0 Å². The molecule has 0 spiro atoms. The third kappa shape index (κ3) is 2.88. The van der Waals surface area contributed by atoms with Crippen LogP contribution in [0.1, 0.15) is 67.9 Å². The predicted octanol–water partition coefficient (Wildman–Crippen LogP) is 4.09. The second-order valence-corrected chi connectivity index (χ2v) is 6.63. The predicted molar refractivity (Wildman–Crippen MR) is 81.6 cm³/mol. The molecule has 2 aliphatic rings. The van der Waals surface area contributed by atoms with E-state index in [1.165, 1.54) is 56.2 Å². The molecule has 1 N–H and O–H groups in total. The highest BCUT2D eigenvalue weighted by atomic mass is 32.2. The van der Waals surface area contributed by atoms with Gasteiger partial charge in [0.25, 0.3) is 0 Å². The molecule has 1 aliphatic carbocycles. The molecule has 19 heavy (non-hydrogen) atoms. The molecule has 1 aliphatic heterocycles. The Hall–Kier alpha value is -0.770. The van der Waals surface area contributed by atoms with Crippen molar-refractivity contribution in [2.24, 2.45) is 0 Å². The van der Waals surface area contributed by atoms with E-state index in [1.807, 2.05) is 18.8 Å². The first-order valence-electron chi connectivity index (χ1n) is 7.53. The van der Waals surface area contributed by atoms with Crippen molar-refractivity contribution >= 4 is 17.6 Å². The minimum absolute atomic E-state index is 0.586. The molecular formula is C15H23N3S. The molecule has 1 fully saturated rings. The largest absolute Gasteiger partial charge is 0.373 e. The molecule has 1 aromatic heterocycles. The second-order valence-electron chi connectivity index (χ2n) is 5.64. The zero-order valence-corrected chi connectivity index (χ0v) is 12.6. The van der Waals surface area contributed by atoms with Crippen LogP contribution < -0.4 is 5.32 Å². The summed E-state index contributed by atoms with van der Waals surface area (Å²) < 4.78 is 0. The van der Waals surface area contributed by atoms with Crippen LogP contribution in [0.4, 0.5) is 5.82 Å². The minimum atomic E-state index is 0.586. The minimum Gasteiger partial charge on any atom is -0.373 e. The van der Waals surface area contributed by atoms with Crippen LogP contribution in [0.2, 0.25) is 0 Å². The number of anilines is 1. The fraction of sp³-hybridized carbons (Fsp3) is 0.733. The topological polar surface area (TPSA) is 37.8 Å². The summed E-state index contributed by atoms with van der Waals surface area (Å²) in [4.78, 5) is 9.71. The number of nitrogens with one attached hydrogen (secondary N) is 1. The molecule has 0 amide bonds. The van der Waals surface area contributed by atoms with Crippen LogP contribution in [0.3, 0.4) is 0 Å².